The Morgan fingerprint density at radius 1 is 1.32 bits per heavy atom. The first-order valence-electron chi connectivity index (χ1n) is 5.99. The molecule has 1 heterocycles. The molecular weight excluding hydrogens is 253 g/mol. The molecule has 0 bridgehead atoms. The molecule has 102 valence electrons. The first-order chi connectivity index (χ1) is 9.08. The summed E-state index contributed by atoms with van der Waals surface area (Å²) in [6.07, 6.45) is 1.18. The molecule has 1 fully saturated rings. The summed E-state index contributed by atoms with van der Waals surface area (Å²) >= 11 is 0. The second-order valence-corrected chi connectivity index (χ2v) is 4.38. The Morgan fingerprint density at radius 2 is 2.00 bits per heavy atom. The van der Waals surface area contributed by atoms with Crippen LogP contribution in [0.25, 0.3) is 0 Å². The number of rotatable bonds is 3. The lowest BCUT2D eigenvalue weighted by atomic mass is 9.99. The van der Waals surface area contributed by atoms with Gasteiger partial charge in [0.15, 0.2) is 0 Å². The van der Waals surface area contributed by atoms with E-state index in [-0.39, 0.29) is 23.1 Å². The number of hydrogen-bond acceptors (Lipinski definition) is 3. The summed E-state index contributed by atoms with van der Waals surface area (Å²) in [4.78, 5) is 22.7. The van der Waals surface area contributed by atoms with Crippen molar-refractivity contribution >= 4 is 17.6 Å². The molecule has 5 nitrogen and oxygen atoms in total. The average Bonchev–Trinajstić information content (AvgIpc) is 2.42. The first-order valence-corrected chi connectivity index (χ1v) is 5.99. The minimum atomic E-state index is -1.17. The maximum Gasteiger partial charge on any atom is 0.335 e. The van der Waals surface area contributed by atoms with Crippen LogP contribution in [0.2, 0.25) is 0 Å². The Kier molecular flexibility index (Phi) is 4.11. The Labute approximate surface area is 109 Å². The molecule has 0 saturated carbocycles. The summed E-state index contributed by atoms with van der Waals surface area (Å²) in [5.41, 5.74) is -0.167. The van der Waals surface area contributed by atoms with Gasteiger partial charge in [0.2, 0.25) is 5.91 Å². The monoisotopic (exact) mass is 267 g/mol. The van der Waals surface area contributed by atoms with Crippen LogP contribution in [0.3, 0.4) is 0 Å². The lowest BCUT2D eigenvalue weighted by Gasteiger charge is -2.21. The van der Waals surface area contributed by atoms with Gasteiger partial charge in [-0.2, -0.15) is 0 Å². The smallest absolute Gasteiger partial charge is 0.335 e. The van der Waals surface area contributed by atoms with Gasteiger partial charge in [0.1, 0.15) is 5.82 Å². The Bertz CT molecular complexity index is 497. The van der Waals surface area contributed by atoms with E-state index in [4.69, 9.17) is 9.84 Å². The van der Waals surface area contributed by atoms with Crippen molar-refractivity contribution in [1.29, 1.82) is 0 Å². The van der Waals surface area contributed by atoms with Crippen molar-refractivity contribution in [3.05, 3.63) is 29.6 Å². The van der Waals surface area contributed by atoms with Gasteiger partial charge in [-0.25, -0.2) is 9.18 Å². The lowest BCUT2D eigenvalue weighted by Crippen LogP contribution is -2.28. The number of aromatic carboxylic acids is 1. The van der Waals surface area contributed by atoms with Crippen LogP contribution in [0, 0.1) is 11.7 Å². The van der Waals surface area contributed by atoms with Gasteiger partial charge in [-0.15, -0.1) is 0 Å². The Hall–Kier alpha value is -1.95. The maximum absolute atomic E-state index is 13.5. The quantitative estimate of drug-likeness (QED) is 0.876. The van der Waals surface area contributed by atoms with Crippen molar-refractivity contribution in [2.24, 2.45) is 5.92 Å². The van der Waals surface area contributed by atoms with Crippen LogP contribution in [0.15, 0.2) is 18.2 Å². The standard InChI is InChI=1S/C13H14FNO4/c14-10-2-1-9(13(17)18)7-11(10)15-12(16)8-3-5-19-6-4-8/h1-2,7-8H,3-6H2,(H,15,16)(H,17,18). The van der Waals surface area contributed by atoms with Gasteiger partial charge < -0.3 is 15.2 Å². The largest absolute Gasteiger partial charge is 0.478 e. The third-order valence-corrected chi connectivity index (χ3v) is 3.06. The van der Waals surface area contributed by atoms with Crippen LogP contribution in [-0.2, 0) is 9.53 Å². The minimum absolute atomic E-state index is 0.0660. The zero-order valence-corrected chi connectivity index (χ0v) is 10.2. The predicted molar refractivity (Wildman–Crippen MR) is 65.5 cm³/mol. The summed E-state index contributed by atoms with van der Waals surface area (Å²) in [6.45, 7) is 1.02. The molecule has 1 amide bonds. The predicted octanol–water partition coefficient (Wildman–Crippen LogP) is 1.89. The van der Waals surface area contributed by atoms with E-state index in [2.05, 4.69) is 5.32 Å². The zero-order valence-electron chi connectivity index (χ0n) is 10.2. The third kappa shape index (κ3) is 3.29. The number of hydrogen-bond donors (Lipinski definition) is 2. The molecule has 0 aromatic heterocycles. The molecule has 1 saturated heterocycles. The van der Waals surface area contributed by atoms with E-state index < -0.39 is 11.8 Å². The number of carbonyl (C=O) groups is 2. The molecule has 0 radical (unpaired) electrons. The van der Waals surface area contributed by atoms with Gasteiger partial charge in [-0.05, 0) is 31.0 Å². The Balaban J connectivity index is 2.11. The van der Waals surface area contributed by atoms with Crippen LogP contribution in [-0.4, -0.2) is 30.2 Å². The zero-order chi connectivity index (χ0) is 13.8. The maximum atomic E-state index is 13.5. The fraction of sp³-hybridized carbons (Fsp3) is 0.385. The molecule has 2 rings (SSSR count). The average molecular weight is 267 g/mol. The van der Waals surface area contributed by atoms with Gasteiger partial charge in [0, 0.05) is 19.1 Å². The van der Waals surface area contributed by atoms with Gasteiger partial charge >= 0.3 is 5.97 Å². The molecular formula is C13H14FNO4. The molecule has 0 aliphatic carbocycles. The van der Waals surface area contributed by atoms with Crippen LogP contribution in [0.1, 0.15) is 23.2 Å². The van der Waals surface area contributed by atoms with E-state index in [9.17, 15) is 14.0 Å². The van der Waals surface area contributed by atoms with Gasteiger partial charge in [-0.1, -0.05) is 0 Å². The van der Waals surface area contributed by atoms with E-state index >= 15 is 0 Å². The molecule has 1 aliphatic heterocycles. The van der Waals surface area contributed by atoms with E-state index in [0.717, 1.165) is 18.2 Å². The summed E-state index contributed by atoms with van der Waals surface area (Å²) in [5, 5.41) is 11.3. The number of carbonyl (C=O) groups excluding carboxylic acids is 1. The number of halogens is 1. The molecule has 0 unspecified atom stereocenters. The molecule has 19 heavy (non-hydrogen) atoms. The molecule has 0 atom stereocenters. The minimum Gasteiger partial charge on any atom is -0.478 e. The SMILES string of the molecule is O=C(O)c1ccc(F)c(NC(=O)C2CCOCC2)c1. The topological polar surface area (TPSA) is 75.6 Å². The highest BCUT2D eigenvalue weighted by atomic mass is 19.1. The second kappa shape index (κ2) is 5.79. The van der Waals surface area contributed by atoms with E-state index in [1.807, 2.05) is 0 Å². The first kappa shape index (κ1) is 13.5. The van der Waals surface area contributed by atoms with Crippen molar-refractivity contribution in [3.8, 4) is 0 Å². The number of anilines is 1. The van der Waals surface area contributed by atoms with Crippen molar-refractivity contribution in [3.63, 3.8) is 0 Å². The summed E-state index contributed by atoms with van der Waals surface area (Å²) in [5.74, 6) is -2.33. The molecule has 2 N–H and O–H groups in total. The number of amides is 1. The fourth-order valence-corrected chi connectivity index (χ4v) is 1.95. The molecule has 1 aromatic rings. The normalized spacial score (nSPS) is 16.1. The number of carboxylic acids is 1. The van der Waals surface area contributed by atoms with E-state index in [0.29, 0.717) is 26.1 Å². The number of ether oxygens (including phenoxy) is 1. The van der Waals surface area contributed by atoms with Gasteiger partial charge in [0.25, 0.3) is 0 Å². The number of nitrogens with one attached hydrogen (secondary N) is 1. The highest BCUT2D eigenvalue weighted by Crippen LogP contribution is 2.20. The summed E-state index contributed by atoms with van der Waals surface area (Å²) in [6, 6.07) is 3.31. The van der Waals surface area contributed by atoms with Crippen molar-refractivity contribution in [2.75, 3.05) is 18.5 Å². The van der Waals surface area contributed by atoms with Crippen molar-refractivity contribution in [1.82, 2.24) is 0 Å². The van der Waals surface area contributed by atoms with Gasteiger partial charge in [0.05, 0.1) is 11.3 Å². The highest BCUT2D eigenvalue weighted by Gasteiger charge is 2.22. The summed E-state index contributed by atoms with van der Waals surface area (Å²) < 4.78 is 18.7. The van der Waals surface area contributed by atoms with Crippen LogP contribution in [0.4, 0.5) is 10.1 Å². The fourth-order valence-electron chi connectivity index (χ4n) is 1.95. The summed E-state index contributed by atoms with van der Waals surface area (Å²) in [7, 11) is 0. The van der Waals surface area contributed by atoms with Crippen molar-refractivity contribution in [2.45, 2.75) is 12.8 Å². The van der Waals surface area contributed by atoms with Crippen molar-refractivity contribution < 1.29 is 23.8 Å². The van der Waals surface area contributed by atoms with Crippen LogP contribution in [0.5, 0.6) is 0 Å². The van der Waals surface area contributed by atoms with E-state index in [1.165, 1.54) is 0 Å². The molecule has 1 aliphatic rings. The second-order valence-electron chi connectivity index (χ2n) is 4.38. The molecule has 0 spiro atoms. The molecule has 1 aromatic carbocycles. The third-order valence-electron chi connectivity index (χ3n) is 3.06. The lowest BCUT2D eigenvalue weighted by molar-refractivity contribution is -0.122. The number of carboxylic acid groups (broad SMARTS) is 1. The van der Waals surface area contributed by atoms with E-state index in [1.54, 1.807) is 0 Å². The van der Waals surface area contributed by atoms with Crippen LogP contribution < -0.4 is 5.32 Å². The van der Waals surface area contributed by atoms with Crippen LogP contribution >= 0.6 is 0 Å². The number of benzene rings is 1. The molecule has 6 heteroatoms. The Morgan fingerprint density at radius 3 is 2.63 bits per heavy atom. The van der Waals surface area contributed by atoms with Gasteiger partial charge in [-0.3, -0.25) is 4.79 Å². The highest BCUT2D eigenvalue weighted by molar-refractivity contribution is 5.95.